The number of hydrogen-bond donors (Lipinski definition) is 2. The van der Waals surface area contributed by atoms with Crippen LogP contribution in [0.4, 0.5) is 11.4 Å². The molecule has 0 unspecified atom stereocenters. The fraction of sp³-hybridized carbons (Fsp3) is 0.125. The van der Waals surface area contributed by atoms with Crippen molar-refractivity contribution in [2.75, 3.05) is 12.4 Å². The minimum atomic E-state index is -0.672. The van der Waals surface area contributed by atoms with E-state index in [1.807, 2.05) is 0 Å². The number of hydrogen-bond acceptors (Lipinski definition) is 4. The number of nitro benzene ring substituents is 1. The first-order chi connectivity index (χ1) is 11.3. The molecule has 0 radical (unpaired) electrons. The lowest BCUT2D eigenvalue weighted by Crippen LogP contribution is -2.19. The lowest BCUT2D eigenvalue weighted by Gasteiger charge is -2.10. The number of amides is 2. The molecular formula is C16H14ClN3O4. The molecule has 2 aromatic rings. The van der Waals surface area contributed by atoms with Crippen molar-refractivity contribution in [2.45, 2.75) is 6.92 Å². The third kappa shape index (κ3) is 3.69. The fourth-order valence-electron chi connectivity index (χ4n) is 2.08. The van der Waals surface area contributed by atoms with Crippen LogP contribution in [0.15, 0.2) is 36.4 Å². The Balaban J connectivity index is 2.37. The van der Waals surface area contributed by atoms with E-state index in [9.17, 15) is 19.7 Å². The normalized spacial score (nSPS) is 10.1. The van der Waals surface area contributed by atoms with E-state index in [1.54, 1.807) is 19.1 Å². The first-order valence-electron chi connectivity index (χ1n) is 6.91. The smallest absolute Gasteiger partial charge is 0.283 e. The van der Waals surface area contributed by atoms with Crippen molar-refractivity contribution in [3.8, 4) is 0 Å². The number of aryl methyl sites for hydroxylation is 1. The first kappa shape index (κ1) is 17.4. The molecule has 7 nitrogen and oxygen atoms in total. The molecule has 0 aliphatic rings. The van der Waals surface area contributed by atoms with Crippen LogP contribution in [0.5, 0.6) is 0 Å². The maximum absolute atomic E-state index is 12.4. The molecule has 2 rings (SSSR count). The van der Waals surface area contributed by atoms with Gasteiger partial charge >= 0.3 is 0 Å². The standard InChI is InChI=1S/C16H14ClN3O4/c1-9-3-4-10(15(21)18-2)7-13(9)19-16(22)12-6-5-11(17)8-14(12)20(23)24/h3-8H,1-2H3,(H,18,21)(H,19,22). The summed E-state index contributed by atoms with van der Waals surface area (Å²) >= 11 is 5.74. The third-order valence-electron chi connectivity index (χ3n) is 3.38. The van der Waals surface area contributed by atoms with Gasteiger partial charge in [0.2, 0.25) is 0 Å². The van der Waals surface area contributed by atoms with Crippen molar-refractivity contribution < 1.29 is 14.5 Å². The van der Waals surface area contributed by atoms with Crippen LogP contribution < -0.4 is 10.6 Å². The third-order valence-corrected chi connectivity index (χ3v) is 3.61. The minimum absolute atomic E-state index is 0.117. The summed E-state index contributed by atoms with van der Waals surface area (Å²) in [6.45, 7) is 1.75. The Labute approximate surface area is 142 Å². The quantitative estimate of drug-likeness (QED) is 0.655. The summed E-state index contributed by atoms with van der Waals surface area (Å²) < 4.78 is 0. The average Bonchev–Trinajstić information content (AvgIpc) is 2.55. The second-order valence-electron chi connectivity index (χ2n) is 4.98. The van der Waals surface area contributed by atoms with Crippen LogP contribution in [0.3, 0.4) is 0 Å². The van der Waals surface area contributed by atoms with Crippen molar-refractivity contribution >= 4 is 34.8 Å². The van der Waals surface area contributed by atoms with Crippen molar-refractivity contribution in [3.63, 3.8) is 0 Å². The van der Waals surface area contributed by atoms with Crippen LogP contribution in [-0.2, 0) is 0 Å². The number of rotatable bonds is 4. The van der Waals surface area contributed by atoms with E-state index in [0.29, 0.717) is 16.8 Å². The Morgan fingerprint density at radius 2 is 1.83 bits per heavy atom. The molecule has 0 aliphatic heterocycles. The van der Waals surface area contributed by atoms with Gasteiger partial charge < -0.3 is 10.6 Å². The molecule has 0 spiro atoms. The summed E-state index contributed by atoms with van der Waals surface area (Å²) in [6.07, 6.45) is 0. The Kier molecular flexibility index (Phi) is 5.15. The SMILES string of the molecule is CNC(=O)c1ccc(C)c(NC(=O)c2ccc(Cl)cc2[N+](=O)[O-])c1. The zero-order chi connectivity index (χ0) is 17.9. The van der Waals surface area contributed by atoms with Gasteiger partial charge in [0.1, 0.15) is 5.56 Å². The van der Waals surface area contributed by atoms with E-state index >= 15 is 0 Å². The van der Waals surface area contributed by atoms with Gasteiger partial charge in [-0.2, -0.15) is 0 Å². The fourth-order valence-corrected chi connectivity index (χ4v) is 2.25. The molecule has 0 fully saturated rings. The molecule has 0 aliphatic carbocycles. The molecule has 0 saturated carbocycles. The average molecular weight is 348 g/mol. The zero-order valence-corrected chi connectivity index (χ0v) is 13.7. The van der Waals surface area contributed by atoms with Gasteiger partial charge in [0.15, 0.2) is 0 Å². The molecule has 2 aromatic carbocycles. The molecule has 0 bridgehead atoms. The molecule has 2 N–H and O–H groups in total. The maximum Gasteiger partial charge on any atom is 0.283 e. The van der Waals surface area contributed by atoms with Crippen LogP contribution >= 0.6 is 11.6 Å². The Morgan fingerprint density at radius 3 is 2.46 bits per heavy atom. The Hall–Kier alpha value is -2.93. The second-order valence-corrected chi connectivity index (χ2v) is 5.42. The van der Waals surface area contributed by atoms with Gasteiger partial charge in [-0.1, -0.05) is 17.7 Å². The molecule has 24 heavy (non-hydrogen) atoms. The molecule has 8 heteroatoms. The summed E-state index contributed by atoms with van der Waals surface area (Å²) in [6, 6.07) is 8.61. The molecular weight excluding hydrogens is 334 g/mol. The van der Waals surface area contributed by atoms with E-state index in [-0.39, 0.29) is 22.2 Å². The second kappa shape index (κ2) is 7.10. The number of carbonyl (C=O) groups is 2. The van der Waals surface area contributed by atoms with Gasteiger partial charge in [0, 0.05) is 29.4 Å². The Morgan fingerprint density at radius 1 is 1.12 bits per heavy atom. The van der Waals surface area contributed by atoms with E-state index in [2.05, 4.69) is 10.6 Å². The van der Waals surface area contributed by atoms with E-state index in [0.717, 1.165) is 6.07 Å². The topological polar surface area (TPSA) is 101 Å². The molecule has 0 heterocycles. The van der Waals surface area contributed by atoms with Gasteiger partial charge in [0.05, 0.1) is 4.92 Å². The molecule has 124 valence electrons. The predicted octanol–water partition coefficient (Wildman–Crippen LogP) is 3.17. The summed E-state index contributed by atoms with van der Waals surface area (Å²) in [4.78, 5) is 34.5. The number of halogens is 1. The summed E-state index contributed by atoms with van der Waals surface area (Å²) in [5.41, 5.74) is 0.969. The van der Waals surface area contributed by atoms with Crippen LogP contribution in [0.25, 0.3) is 0 Å². The van der Waals surface area contributed by atoms with Crippen molar-refractivity contribution in [2.24, 2.45) is 0 Å². The predicted molar refractivity (Wildman–Crippen MR) is 90.6 cm³/mol. The highest BCUT2D eigenvalue weighted by Gasteiger charge is 2.21. The van der Waals surface area contributed by atoms with Crippen LogP contribution in [0.1, 0.15) is 26.3 Å². The number of nitro groups is 1. The Bertz CT molecular complexity index is 836. The summed E-state index contributed by atoms with van der Waals surface area (Å²) in [7, 11) is 1.50. The van der Waals surface area contributed by atoms with Gasteiger partial charge in [-0.05, 0) is 36.8 Å². The highest BCUT2D eigenvalue weighted by atomic mass is 35.5. The lowest BCUT2D eigenvalue weighted by atomic mass is 10.1. The zero-order valence-electron chi connectivity index (χ0n) is 12.9. The van der Waals surface area contributed by atoms with Gasteiger partial charge in [-0.3, -0.25) is 19.7 Å². The van der Waals surface area contributed by atoms with E-state index in [4.69, 9.17) is 11.6 Å². The van der Waals surface area contributed by atoms with Crippen molar-refractivity contribution in [1.82, 2.24) is 5.32 Å². The molecule has 0 saturated heterocycles. The monoisotopic (exact) mass is 347 g/mol. The van der Waals surface area contributed by atoms with Gasteiger partial charge in [0.25, 0.3) is 17.5 Å². The number of nitrogens with zero attached hydrogens (tertiary/aromatic N) is 1. The van der Waals surface area contributed by atoms with E-state index in [1.165, 1.54) is 25.2 Å². The highest BCUT2D eigenvalue weighted by molar-refractivity contribution is 6.31. The van der Waals surface area contributed by atoms with Gasteiger partial charge in [-0.15, -0.1) is 0 Å². The first-order valence-corrected chi connectivity index (χ1v) is 7.29. The largest absolute Gasteiger partial charge is 0.355 e. The minimum Gasteiger partial charge on any atom is -0.355 e. The van der Waals surface area contributed by atoms with E-state index < -0.39 is 10.8 Å². The molecule has 0 aromatic heterocycles. The van der Waals surface area contributed by atoms with Crippen molar-refractivity contribution in [3.05, 3.63) is 68.2 Å². The summed E-state index contributed by atoms with van der Waals surface area (Å²) in [5, 5.41) is 16.3. The van der Waals surface area contributed by atoms with Gasteiger partial charge in [-0.25, -0.2) is 0 Å². The number of carbonyl (C=O) groups excluding carboxylic acids is 2. The van der Waals surface area contributed by atoms with Crippen LogP contribution in [-0.4, -0.2) is 23.8 Å². The number of nitrogens with one attached hydrogen (secondary N) is 2. The van der Waals surface area contributed by atoms with Crippen molar-refractivity contribution in [1.29, 1.82) is 0 Å². The lowest BCUT2D eigenvalue weighted by molar-refractivity contribution is -0.385. The maximum atomic E-state index is 12.4. The summed E-state index contributed by atoms with van der Waals surface area (Å²) in [5.74, 6) is -0.960. The van der Waals surface area contributed by atoms with Crippen LogP contribution in [0, 0.1) is 17.0 Å². The molecule has 2 amide bonds. The molecule has 0 atom stereocenters. The number of anilines is 1. The highest BCUT2D eigenvalue weighted by Crippen LogP contribution is 2.25. The number of benzene rings is 2. The van der Waals surface area contributed by atoms with Crippen LogP contribution in [0.2, 0.25) is 5.02 Å².